The van der Waals surface area contributed by atoms with Crippen molar-refractivity contribution in [1.29, 1.82) is 0 Å². The maximum atomic E-state index is 12.6. The molecule has 0 fully saturated rings. The Hall–Kier alpha value is -3.18. The van der Waals surface area contributed by atoms with Crippen molar-refractivity contribution in [3.63, 3.8) is 0 Å². The van der Waals surface area contributed by atoms with Crippen molar-refractivity contribution in [2.24, 2.45) is 0 Å². The Balaban J connectivity index is 1.54. The minimum Gasteiger partial charge on any atom is -0.485 e. The summed E-state index contributed by atoms with van der Waals surface area (Å²) in [7, 11) is 0. The number of fused-ring (bicyclic) bond motifs is 1. The molecule has 1 aromatic heterocycles. The van der Waals surface area contributed by atoms with Gasteiger partial charge < -0.3 is 9.47 Å². The van der Waals surface area contributed by atoms with Gasteiger partial charge in [-0.3, -0.25) is 9.59 Å². The molecule has 4 rings (SSSR count). The van der Waals surface area contributed by atoms with Crippen LogP contribution in [0.3, 0.4) is 0 Å². The molecule has 3 aromatic rings. The molecule has 1 aliphatic rings. The lowest BCUT2D eigenvalue weighted by molar-refractivity contribution is 0.0920. The minimum atomic E-state index is -0.145. The highest BCUT2D eigenvalue weighted by atomic mass is 32.1. The summed E-state index contributed by atoms with van der Waals surface area (Å²) < 4.78 is 11.5. The van der Waals surface area contributed by atoms with Crippen molar-refractivity contribution in [3.8, 4) is 11.5 Å². The summed E-state index contributed by atoms with van der Waals surface area (Å²) in [4.78, 5) is 25.7. The van der Waals surface area contributed by atoms with E-state index in [9.17, 15) is 9.59 Å². The van der Waals surface area contributed by atoms with Crippen LogP contribution in [0.1, 0.15) is 31.2 Å². The third kappa shape index (κ3) is 3.41. The lowest BCUT2D eigenvalue weighted by Crippen LogP contribution is -2.12. The largest absolute Gasteiger partial charge is 0.485 e. The fraction of sp³-hybridized carbons (Fsp3) is 0.0909. The summed E-state index contributed by atoms with van der Waals surface area (Å²) in [6.07, 6.45) is 1.74. The lowest BCUT2D eigenvalue weighted by atomic mass is 10.1. The van der Waals surface area contributed by atoms with Crippen molar-refractivity contribution in [2.45, 2.75) is 6.92 Å². The maximum absolute atomic E-state index is 12.6. The van der Waals surface area contributed by atoms with Crippen LogP contribution in [-0.2, 0) is 0 Å². The zero-order valence-corrected chi connectivity index (χ0v) is 15.4. The fourth-order valence-corrected chi connectivity index (χ4v) is 3.52. The molecule has 0 N–H and O–H groups in total. The molecule has 0 atom stereocenters. The molecular formula is C22H16O4S. The van der Waals surface area contributed by atoms with Gasteiger partial charge in [0.05, 0.1) is 5.56 Å². The van der Waals surface area contributed by atoms with E-state index in [0.29, 0.717) is 33.9 Å². The van der Waals surface area contributed by atoms with Gasteiger partial charge in [-0.05, 0) is 30.5 Å². The van der Waals surface area contributed by atoms with Crippen LogP contribution in [0.25, 0.3) is 6.08 Å². The number of thiophene rings is 1. The molecule has 134 valence electrons. The van der Waals surface area contributed by atoms with Crippen LogP contribution in [-0.4, -0.2) is 18.2 Å². The first-order chi connectivity index (χ1) is 13.1. The van der Waals surface area contributed by atoms with Gasteiger partial charge in [0.1, 0.15) is 11.5 Å². The standard InChI is InChI=1S/C22H16O4S/c1-14-19(25-13-18(23)15-6-3-2-4-7-15)10-9-17-21(24)20(26-22(14)17)12-16-8-5-11-27-16/h2-12H,13H2,1H3/b20-12-. The highest BCUT2D eigenvalue weighted by Crippen LogP contribution is 2.39. The predicted octanol–water partition coefficient (Wildman–Crippen LogP) is 4.93. The van der Waals surface area contributed by atoms with Crippen molar-refractivity contribution >= 4 is 29.0 Å². The van der Waals surface area contributed by atoms with E-state index in [2.05, 4.69) is 0 Å². The first-order valence-corrected chi connectivity index (χ1v) is 9.34. The van der Waals surface area contributed by atoms with Crippen molar-refractivity contribution in [1.82, 2.24) is 0 Å². The summed E-state index contributed by atoms with van der Waals surface area (Å²) in [5, 5.41) is 1.94. The number of carbonyl (C=O) groups excluding carboxylic acids is 2. The van der Waals surface area contributed by atoms with Crippen LogP contribution in [0.4, 0.5) is 0 Å². The third-order valence-corrected chi connectivity index (χ3v) is 5.13. The summed E-state index contributed by atoms with van der Waals surface area (Å²) in [6.45, 7) is 1.75. The van der Waals surface area contributed by atoms with Gasteiger partial charge in [0.2, 0.25) is 5.78 Å². The van der Waals surface area contributed by atoms with E-state index in [1.54, 1.807) is 30.3 Å². The highest BCUT2D eigenvalue weighted by Gasteiger charge is 2.30. The van der Waals surface area contributed by atoms with E-state index in [0.717, 1.165) is 4.88 Å². The van der Waals surface area contributed by atoms with Crippen LogP contribution in [0.2, 0.25) is 0 Å². The van der Waals surface area contributed by atoms with Gasteiger partial charge in [0.25, 0.3) is 0 Å². The van der Waals surface area contributed by atoms with Gasteiger partial charge in [-0.15, -0.1) is 11.3 Å². The second-order valence-electron chi connectivity index (χ2n) is 6.10. The molecule has 0 bridgehead atoms. The van der Waals surface area contributed by atoms with Crippen LogP contribution < -0.4 is 9.47 Å². The first kappa shape index (κ1) is 17.2. The highest BCUT2D eigenvalue weighted by molar-refractivity contribution is 7.10. The van der Waals surface area contributed by atoms with Crippen molar-refractivity contribution < 1.29 is 19.1 Å². The lowest BCUT2D eigenvalue weighted by Gasteiger charge is -2.11. The van der Waals surface area contributed by atoms with E-state index >= 15 is 0 Å². The molecule has 1 aliphatic heterocycles. The summed E-state index contributed by atoms with van der Waals surface area (Å²) in [5.41, 5.74) is 1.82. The average molecular weight is 376 g/mol. The number of carbonyl (C=O) groups is 2. The van der Waals surface area contributed by atoms with Crippen molar-refractivity contribution in [2.75, 3.05) is 6.61 Å². The summed E-state index contributed by atoms with van der Waals surface area (Å²) in [5.74, 6) is 1.07. The molecule has 4 nitrogen and oxygen atoms in total. The number of ketones is 2. The van der Waals surface area contributed by atoms with Gasteiger partial charge in [0, 0.05) is 22.1 Å². The molecule has 0 amide bonds. The maximum Gasteiger partial charge on any atom is 0.232 e. The predicted molar refractivity (Wildman–Crippen MR) is 105 cm³/mol. The zero-order valence-electron chi connectivity index (χ0n) is 14.6. The molecule has 0 saturated carbocycles. The van der Waals surface area contributed by atoms with Gasteiger partial charge in [0.15, 0.2) is 18.1 Å². The number of benzene rings is 2. The van der Waals surface area contributed by atoms with Crippen LogP contribution in [0.15, 0.2) is 65.7 Å². The normalized spacial score (nSPS) is 14.1. The average Bonchev–Trinajstić information content (AvgIpc) is 3.31. The summed E-state index contributed by atoms with van der Waals surface area (Å²) >= 11 is 1.54. The molecule has 0 radical (unpaired) electrons. The second-order valence-corrected chi connectivity index (χ2v) is 7.08. The zero-order chi connectivity index (χ0) is 18.8. The van der Waals surface area contributed by atoms with Gasteiger partial charge in [-0.2, -0.15) is 0 Å². The Bertz CT molecular complexity index is 1030. The van der Waals surface area contributed by atoms with E-state index in [-0.39, 0.29) is 18.2 Å². The van der Waals surface area contributed by atoms with Crippen LogP contribution in [0, 0.1) is 6.92 Å². The first-order valence-electron chi connectivity index (χ1n) is 8.46. The van der Waals surface area contributed by atoms with E-state index in [1.807, 2.05) is 42.6 Å². The number of hydrogen-bond acceptors (Lipinski definition) is 5. The molecule has 27 heavy (non-hydrogen) atoms. The number of allylic oxidation sites excluding steroid dienone is 1. The van der Waals surface area contributed by atoms with Gasteiger partial charge >= 0.3 is 0 Å². The van der Waals surface area contributed by atoms with Crippen LogP contribution in [0.5, 0.6) is 11.5 Å². The van der Waals surface area contributed by atoms with Gasteiger partial charge in [-0.25, -0.2) is 0 Å². The Morgan fingerprint density at radius 1 is 1.11 bits per heavy atom. The molecule has 0 aliphatic carbocycles. The minimum absolute atomic E-state index is 0.0739. The number of hydrogen-bond donors (Lipinski definition) is 0. The van der Waals surface area contributed by atoms with E-state index in [1.165, 1.54) is 11.3 Å². The summed E-state index contributed by atoms with van der Waals surface area (Å²) in [6, 6.07) is 16.2. The Labute approximate surface area is 160 Å². The monoisotopic (exact) mass is 376 g/mol. The number of rotatable bonds is 5. The number of Topliss-reactive ketones (excluding diaryl/α,β-unsaturated/α-hetero) is 2. The fourth-order valence-electron chi connectivity index (χ4n) is 2.88. The second kappa shape index (κ2) is 7.21. The molecule has 2 aromatic carbocycles. The Morgan fingerprint density at radius 2 is 1.93 bits per heavy atom. The van der Waals surface area contributed by atoms with E-state index < -0.39 is 0 Å². The number of ether oxygens (including phenoxy) is 2. The van der Waals surface area contributed by atoms with Crippen molar-refractivity contribution in [3.05, 3.63) is 87.3 Å². The quantitative estimate of drug-likeness (QED) is 0.468. The topological polar surface area (TPSA) is 52.6 Å². The molecule has 0 unspecified atom stereocenters. The molecule has 0 saturated heterocycles. The smallest absolute Gasteiger partial charge is 0.232 e. The Morgan fingerprint density at radius 3 is 2.67 bits per heavy atom. The molecule has 0 spiro atoms. The van der Waals surface area contributed by atoms with Gasteiger partial charge in [-0.1, -0.05) is 36.4 Å². The van der Waals surface area contributed by atoms with Crippen LogP contribution >= 0.6 is 11.3 Å². The molecule has 5 heteroatoms. The Kier molecular flexibility index (Phi) is 4.60. The third-order valence-electron chi connectivity index (χ3n) is 4.31. The SMILES string of the molecule is Cc1c(OCC(=O)c2ccccc2)ccc2c1O/C(=C\c1cccs1)C2=O. The molecular weight excluding hydrogens is 360 g/mol. The van der Waals surface area contributed by atoms with E-state index in [4.69, 9.17) is 9.47 Å². The molecule has 2 heterocycles.